The molecule has 3 amide bonds. The number of aliphatic carboxylic acids is 1. The number of carboxylic acid groups (broad SMARTS) is 1. The number of ether oxygens (including phenoxy) is 1. The van der Waals surface area contributed by atoms with Gasteiger partial charge < -0.3 is 25.0 Å². The van der Waals surface area contributed by atoms with Crippen LogP contribution in [0.15, 0.2) is 0 Å². The minimum absolute atomic E-state index is 0.0940. The molecule has 120 valence electrons. The maximum Gasteiger partial charge on any atom is 0.326 e. The fraction of sp³-hybridized carbons (Fsp3) is 0.667. The van der Waals surface area contributed by atoms with E-state index in [2.05, 4.69) is 10.1 Å². The van der Waals surface area contributed by atoms with Gasteiger partial charge in [-0.3, -0.25) is 9.59 Å². The van der Waals surface area contributed by atoms with Gasteiger partial charge in [0.1, 0.15) is 12.6 Å². The second-order valence-corrected chi connectivity index (χ2v) is 4.60. The van der Waals surface area contributed by atoms with Crippen LogP contribution >= 0.6 is 0 Å². The molecular weight excluding hydrogens is 282 g/mol. The molecule has 0 aromatic carbocycles. The molecule has 0 bridgehead atoms. The third-order valence-electron chi connectivity index (χ3n) is 2.68. The zero-order valence-corrected chi connectivity index (χ0v) is 12.6. The van der Waals surface area contributed by atoms with Crippen LogP contribution in [0, 0.1) is 0 Å². The molecule has 0 aliphatic heterocycles. The van der Waals surface area contributed by atoms with Gasteiger partial charge in [-0.1, -0.05) is 0 Å². The van der Waals surface area contributed by atoms with Crippen molar-refractivity contribution in [1.29, 1.82) is 0 Å². The number of rotatable bonds is 7. The van der Waals surface area contributed by atoms with Crippen molar-refractivity contribution in [3.63, 3.8) is 0 Å². The number of nitrogens with one attached hydrogen (secondary N) is 1. The highest BCUT2D eigenvalue weighted by Gasteiger charge is 2.23. The van der Waals surface area contributed by atoms with Gasteiger partial charge in [0.05, 0.1) is 7.11 Å². The number of carbonyl (C=O) groups excluding carboxylic acids is 3. The molecule has 1 atom stereocenters. The maximum absolute atomic E-state index is 11.8. The van der Waals surface area contributed by atoms with Crippen molar-refractivity contribution in [3.8, 4) is 0 Å². The second-order valence-electron chi connectivity index (χ2n) is 4.60. The number of carbonyl (C=O) groups is 4. The molecule has 0 aromatic rings. The number of carboxylic acids is 1. The Hall–Kier alpha value is -2.32. The first kappa shape index (κ1) is 18.7. The Balaban J connectivity index is 4.50. The number of nitrogens with zero attached hydrogens (tertiary/aromatic N) is 2. The fourth-order valence-electron chi connectivity index (χ4n) is 1.30. The average Bonchev–Trinajstić information content (AvgIpc) is 2.41. The van der Waals surface area contributed by atoms with Crippen LogP contribution in [0.3, 0.4) is 0 Å². The average molecular weight is 303 g/mol. The van der Waals surface area contributed by atoms with Gasteiger partial charge in [-0.05, 0) is 6.42 Å². The Morgan fingerprint density at radius 2 is 1.76 bits per heavy atom. The third kappa shape index (κ3) is 7.14. The molecule has 0 rings (SSSR count). The minimum Gasteiger partial charge on any atom is -0.480 e. The molecular formula is C12H21N3O6. The molecule has 0 aliphatic carbocycles. The van der Waals surface area contributed by atoms with Gasteiger partial charge in [-0.2, -0.15) is 0 Å². The number of urea groups is 1. The van der Waals surface area contributed by atoms with Crippen molar-refractivity contribution < 1.29 is 29.0 Å². The molecule has 21 heavy (non-hydrogen) atoms. The SMILES string of the molecule is COC(=O)CC[C@H](NC(=O)N(C)CC(=O)N(C)C)C(=O)O. The summed E-state index contributed by atoms with van der Waals surface area (Å²) < 4.78 is 4.41. The van der Waals surface area contributed by atoms with E-state index < -0.39 is 24.0 Å². The highest BCUT2D eigenvalue weighted by atomic mass is 16.5. The summed E-state index contributed by atoms with van der Waals surface area (Å²) in [4.78, 5) is 47.7. The van der Waals surface area contributed by atoms with Crippen molar-refractivity contribution in [1.82, 2.24) is 15.1 Å². The molecule has 0 heterocycles. The van der Waals surface area contributed by atoms with Crippen LogP contribution in [0.5, 0.6) is 0 Å². The van der Waals surface area contributed by atoms with Crippen molar-refractivity contribution >= 4 is 23.9 Å². The largest absolute Gasteiger partial charge is 0.480 e. The van der Waals surface area contributed by atoms with E-state index in [1.807, 2.05) is 0 Å². The van der Waals surface area contributed by atoms with Crippen LogP contribution in [0.2, 0.25) is 0 Å². The lowest BCUT2D eigenvalue weighted by Crippen LogP contribution is -2.49. The Morgan fingerprint density at radius 3 is 2.19 bits per heavy atom. The summed E-state index contributed by atoms with van der Waals surface area (Å²) in [5.74, 6) is -2.12. The predicted molar refractivity (Wildman–Crippen MR) is 72.5 cm³/mol. The lowest BCUT2D eigenvalue weighted by molar-refractivity contribution is -0.142. The Labute approximate surface area is 122 Å². The van der Waals surface area contributed by atoms with Gasteiger partial charge in [0.15, 0.2) is 0 Å². The van der Waals surface area contributed by atoms with Gasteiger partial charge in [0, 0.05) is 27.6 Å². The van der Waals surface area contributed by atoms with E-state index in [9.17, 15) is 19.2 Å². The molecule has 0 unspecified atom stereocenters. The van der Waals surface area contributed by atoms with E-state index in [1.165, 1.54) is 19.1 Å². The van der Waals surface area contributed by atoms with Crippen LogP contribution < -0.4 is 5.32 Å². The highest BCUT2D eigenvalue weighted by Crippen LogP contribution is 2.01. The molecule has 9 nitrogen and oxygen atoms in total. The van der Waals surface area contributed by atoms with E-state index in [1.54, 1.807) is 14.1 Å². The fourth-order valence-corrected chi connectivity index (χ4v) is 1.30. The van der Waals surface area contributed by atoms with Crippen LogP contribution in [-0.4, -0.2) is 79.6 Å². The molecule has 2 N–H and O–H groups in total. The third-order valence-corrected chi connectivity index (χ3v) is 2.68. The first-order valence-corrected chi connectivity index (χ1v) is 6.20. The van der Waals surface area contributed by atoms with Gasteiger partial charge in [0.25, 0.3) is 0 Å². The minimum atomic E-state index is -1.26. The highest BCUT2D eigenvalue weighted by molar-refractivity contribution is 5.86. The number of amides is 3. The zero-order valence-electron chi connectivity index (χ0n) is 12.6. The normalized spacial score (nSPS) is 11.2. The quantitative estimate of drug-likeness (QED) is 0.590. The molecule has 0 aliphatic rings. The lowest BCUT2D eigenvalue weighted by atomic mass is 10.1. The summed E-state index contributed by atoms with van der Waals surface area (Å²) in [6.07, 6.45) is -0.225. The Kier molecular flexibility index (Phi) is 7.80. The van der Waals surface area contributed by atoms with E-state index in [0.717, 1.165) is 4.90 Å². The van der Waals surface area contributed by atoms with Crippen molar-refractivity contribution in [2.75, 3.05) is 34.8 Å². The van der Waals surface area contributed by atoms with Crippen molar-refractivity contribution in [2.24, 2.45) is 0 Å². The monoisotopic (exact) mass is 303 g/mol. The van der Waals surface area contributed by atoms with Gasteiger partial charge in [-0.25, -0.2) is 9.59 Å². The zero-order chi connectivity index (χ0) is 16.6. The summed E-state index contributed by atoms with van der Waals surface area (Å²) in [7, 11) is 5.66. The Bertz CT molecular complexity index is 410. The predicted octanol–water partition coefficient (Wildman–Crippen LogP) is -0.878. The maximum atomic E-state index is 11.8. The summed E-state index contributed by atoms with van der Waals surface area (Å²) in [6, 6.07) is -1.93. The standard InChI is InChI=1S/C12H21N3O6/c1-14(2)9(16)7-15(3)12(20)13-8(11(18)19)5-6-10(17)21-4/h8H,5-7H2,1-4H3,(H,13,20)(H,18,19)/t8-/m0/s1. The van der Waals surface area contributed by atoms with Crippen LogP contribution in [-0.2, 0) is 19.1 Å². The molecule has 0 fully saturated rings. The number of esters is 1. The summed E-state index contributed by atoms with van der Waals surface area (Å²) in [5, 5.41) is 11.2. The summed E-state index contributed by atoms with van der Waals surface area (Å²) >= 11 is 0. The number of hydrogen-bond donors (Lipinski definition) is 2. The Morgan fingerprint density at radius 1 is 1.19 bits per heavy atom. The lowest BCUT2D eigenvalue weighted by Gasteiger charge is -2.22. The topological polar surface area (TPSA) is 116 Å². The van der Waals surface area contributed by atoms with Crippen LogP contribution in [0.4, 0.5) is 4.79 Å². The van der Waals surface area contributed by atoms with E-state index in [4.69, 9.17) is 5.11 Å². The van der Waals surface area contributed by atoms with Gasteiger partial charge in [-0.15, -0.1) is 0 Å². The molecule has 0 saturated carbocycles. The number of hydrogen-bond acceptors (Lipinski definition) is 5. The molecule has 0 radical (unpaired) electrons. The van der Waals surface area contributed by atoms with E-state index in [-0.39, 0.29) is 25.3 Å². The molecule has 0 saturated heterocycles. The summed E-state index contributed by atoms with van der Waals surface area (Å²) in [5.41, 5.74) is 0. The van der Waals surface area contributed by atoms with Crippen LogP contribution in [0.25, 0.3) is 0 Å². The molecule has 0 spiro atoms. The van der Waals surface area contributed by atoms with E-state index in [0.29, 0.717) is 0 Å². The first-order valence-electron chi connectivity index (χ1n) is 6.20. The molecule has 9 heteroatoms. The summed E-state index contributed by atoms with van der Waals surface area (Å²) in [6.45, 7) is -0.178. The number of likely N-dealkylation sites (N-methyl/N-ethyl adjacent to an activating group) is 2. The van der Waals surface area contributed by atoms with Crippen LogP contribution in [0.1, 0.15) is 12.8 Å². The number of methoxy groups -OCH3 is 1. The van der Waals surface area contributed by atoms with Gasteiger partial charge >= 0.3 is 18.0 Å². The first-order chi connectivity index (χ1) is 9.68. The van der Waals surface area contributed by atoms with E-state index >= 15 is 0 Å². The van der Waals surface area contributed by atoms with Crippen molar-refractivity contribution in [3.05, 3.63) is 0 Å². The van der Waals surface area contributed by atoms with Crippen molar-refractivity contribution in [2.45, 2.75) is 18.9 Å². The molecule has 0 aromatic heterocycles. The smallest absolute Gasteiger partial charge is 0.326 e. The van der Waals surface area contributed by atoms with Gasteiger partial charge in [0.2, 0.25) is 5.91 Å². The second kappa shape index (κ2) is 8.77.